The van der Waals surface area contributed by atoms with Crippen molar-refractivity contribution in [1.29, 1.82) is 0 Å². The summed E-state index contributed by atoms with van der Waals surface area (Å²) in [4.78, 5) is 10.4. The summed E-state index contributed by atoms with van der Waals surface area (Å²) < 4.78 is 13.4. The lowest BCUT2D eigenvalue weighted by Gasteiger charge is -2.13. The smallest absolute Gasteiger partial charge is 0.303 e. The van der Waals surface area contributed by atoms with Gasteiger partial charge in [0.1, 0.15) is 5.82 Å². The Morgan fingerprint density at radius 3 is 2.80 bits per heavy atom. The average molecular weight is 231 g/mol. The van der Waals surface area contributed by atoms with E-state index in [-0.39, 0.29) is 18.2 Å². The van der Waals surface area contributed by atoms with E-state index in [1.54, 1.807) is 13.0 Å². The molecule has 0 amide bonds. The van der Waals surface area contributed by atoms with Gasteiger partial charge in [-0.15, -0.1) is 0 Å². The van der Waals surface area contributed by atoms with E-state index in [1.807, 2.05) is 0 Å². The van der Waals surface area contributed by atoms with E-state index in [2.05, 4.69) is 0 Å². The zero-order valence-electron chi connectivity index (χ0n) is 8.34. The zero-order valence-corrected chi connectivity index (χ0v) is 9.09. The van der Waals surface area contributed by atoms with Gasteiger partial charge >= 0.3 is 5.97 Å². The van der Waals surface area contributed by atoms with Gasteiger partial charge in [0, 0.05) is 17.0 Å². The largest absolute Gasteiger partial charge is 0.481 e. The van der Waals surface area contributed by atoms with E-state index in [9.17, 15) is 9.18 Å². The summed E-state index contributed by atoms with van der Waals surface area (Å²) in [6.45, 7) is 1.77. The van der Waals surface area contributed by atoms with Crippen molar-refractivity contribution >= 4 is 17.6 Å². The lowest BCUT2D eigenvalue weighted by Crippen LogP contribution is -2.02. The summed E-state index contributed by atoms with van der Waals surface area (Å²) in [5.74, 6) is -1.44. The van der Waals surface area contributed by atoms with E-state index in [0.29, 0.717) is 17.0 Å². The molecule has 1 N–H and O–H groups in total. The molecule has 0 fully saturated rings. The average Bonchev–Trinajstić information content (AvgIpc) is 2.14. The number of carbonyl (C=O) groups is 1. The zero-order chi connectivity index (χ0) is 11.4. The SMILES string of the molecule is CC(CCC(=O)O)c1c(F)cccc1Cl. The second kappa shape index (κ2) is 5.12. The highest BCUT2D eigenvalue weighted by molar-refractivity contribution is 6.31. The lowest BCUT2D eigenvalue weighted by molar-refractivity contribution is -0.137. The highest BCUT2D eigenvalue weighted by atomic mass is 35.5. The minimum absolute atomic E-state index is 0.0197. The van der Waals surface area contributed by atoms with Gasteiger partial charge in [-0.1, -0.05) is 24.6 Å². The van der Waals surface area contributed by atoms with E-state index in [4.69, 9.17) is 16.7 Å². The van der Waals surface area contributed by atoms with Crippen molar-refractivity contribution in [3.8, 4) is 0 Å². The van der Waals surface area contributed by atoms with Crippen LogP contribution in [0, 0.1) is 5.82 Å². The number of hydrogen-bond acceptors (Lipinski definition) is 1. The Morgan fingerprint density at radius 2 is 2.27 bits per heavy atom. The summed E-state index contributed by atoms with van der Waals surface area (Å²) in [5, 5.41) is 8.88. The first-order valence-corrected chi connectivity index (χ1v) is 5.06. The molecule has 82 valence electrons. The van der Waals surface area contributed by atoms with Crippen LogP contribution in [0.5, 0.6) is 0 Å². The van der Waals surface area contributed by atoms with Crippen LogP contribution in [0.4, 0.5) is 4.39 Å². The van der Waals surface area contributed by atoms with Gasteiger partial charge in [-0.3, -0.25) is 4.79 Å². The van der Waals surface area contributed by atoms with Crippen LogP contribution in [-0.2, 0) is 4.79 Å². The molecule has 0 aliphatic heterocycles. The molecule has 1 atom stereocenters. The minimum Gasteiger partial charge on any atom is -0.481 e. The first-order valence-electron chi connectivity index (χ1n) is 4.68. The van der Waals surface area contributed by atoms with Crippen LogP contribution < -0.4 is 0 Å². The summed E-state index contributed by atoms with van der Waals surface area (Å²) in [6.07, 6.45) is 0.405. The van der Waals surface area contributed by atoms with Crippen LogP contribution in [0.2, 0.25) is 5.02 Å². The number of carboxylic acid groups (broad SMARTS) is 1. The van der Waals surface area contributed by atoms with Crippen LogP contribution in [0.1, 0.15) is 31.2 Å². The maximum atomic E-state index is 13.4. The van der Waals surface area contributed by atoms with Crippen molar-refractivity contribution in [2.75, 3.05) is 0 Å². The van der Waals surface area contributed by atoms with Crippen LogP contribution in [-0.4, -0.2) is 11.1 Å². The third kappa shape index (κ3) is 3.20. The van der Waals surface area contributed by atoms with Gasteiger partial charge in [-0.2, -0.15) is 0 Å². The van der Waals surface area contributed by atoms with Gasteiger partial charge in [0.2, 0.25) is 0 Å². The minimum atomic E-state index is -0.880. The van der Waals surface area contributed by atoms with Gasteiger partial charge < -0.3 is 5.11 Å². The predicted octanol–water partition coefficient (Wildman–Crippen LogP) is 3.45. The highest BCUT2D eigenvalue weighted by Gasteiger charge is 2.15. The highest BCUT2D eigenvalue weighted by Crippen LogP contribution is 2.29. The van der Waals surface area contributed by atoms with E-state index >= 15 is 0 Å². The van der Waals surface area contributed by atoms with Crippen molar-refractivity contribution in [2.45, 2.75) is 25.7 Å². The molecular formula is C11H12ClFO2. The molecule has 0 saturated heterocycles. The first-order chi connectivity index (χ1) is 7.02. The van der Waals surface area contributed by atoms with Gasteiger partial charge in [0.15, 0.2) is 0 Å². The molecule has 1 aromatic rings. The summed E-state index contributed by atoms with van der Waals surface area (Å²) in [5.41, 5.74) is 0.403. The number of hydrogen-bond donors (Lipinski definition) is 1. The molecule has 15 heavy (non-hydrogen) atoms. The van der Waals surface area contributed by atoms with E-state index in [1.165, 1.54) is 12.1 Å². The molecule has 0 saturated carbocycles. The fourth-order valence-electron chi connectivity index (χ4n) is 1.47. The van der Waals surface area contributed by atoms with Crippen LogP contribution in [0.15, 0.2) is 18.2 Å². The molecule has 0 heterocycles. The molecule has 1 rings (SSSR count). The van der Waals surface area contributed by atoms with E-state index in [0.717, 1.165) is 0 Å². The molecule has 0 bridgehead atoms. The monoisotopic (exact) mass is 230 g/mol. The molecule has 2 nitrogen and oxygen atoms in total. The Morgan fingerprint density at radius 1 is 1.60 bits per heavy atom. The molecule has 0 aromatic heterocycles. The molecular weight excluding hydrogens is 219 g/mol. The fraction of sp³-hybridized carbons (Fsp3) is 0.364. The molecule has 0 radical (unpaired) electrons. The molecule has 1 aromatic carbocycles. The maximum Gasteiger partial charge on any atom is 0.303 e. The summed E-state index contributed by atoms with van der Waals surface area (Å²) >= 11 is 5.85. The third-order valence-electron chi connectivity index (χ3n) is 2.28. The topological polar surface area (TPSA) is 37.3 Å². The van der Waals surface area contributed by atoms with Crippen molar-refractivity contribution in [3.63, 3.8) is 0 Å². The molecule has 4 heteroatoms. The summed E-state index contributed by atoms with van der Waals surface area (Å²) in [6, 6.07) is 4.47. The Bertz CT molecular complexity index is 345. The fourth-order valence-corrected chi connectivity index (χ4v) is 1.82. The van der Waals surface area contributed by atoms with E-state index < -0.39 is 5.97 Å². The lowest BCUT2D eigenvalue weighted by atomic mass is 9.96. The molecule has 1 unspecified atom stereocenters. The van der Waals surface area contributed by atoms with Gasteiger partial charge in [0.05, 0.1) is 0 Å². The van der Waals surface area contributed by atoms with Crippen LogP contribution in [0.25, 0.3) is 0 Å². The van der Waals surface area contributed by atoms with Gasteiger partial charge in [0.25, 0.3) is 0 Å². The van der Waals surface area contributed by atoms with Crippen molar-refractivity contribution in [1.82, 2.24) is 0 Å². The van der Waals surface area contributed by atoms with Crippen molar-refractivity contribution in [3.05, 3.63) is 34.6 Å². The molecule has 0 spiro atoms. The molecule has 0 aliphatic rings. The van der Waals surface area contributed by atoms with Gasteiger partial charge in [-0.05, 0) is 24.5 Å². The molecule has 0 aliphatic carbocycles. The van der Waals surface area contributed by atoms with Gasteiger partial charge in [-0.25, -0.2) is 4.39 Å². The predicted molar refractivity (Wildman–Crippen MR) is 56.7 cm³/mol. The summed E-state index contributed by atoms with van der Waals surface area (Å²) in [7, 11) is 0. The second-order valence-electron chi connectivity index (χ2n) is 3.47. The normalized spacial score (nSPS) is 12.5. The Balaban J connectivity index is 2.81. The number of aliphatic carboxylic acids is 1. The number of rotatable bonds is 4. The van der Waals surface area contributed by atoms with Crippen molar-refractivity contribution in [2.24, 2.45) is 0 Å². The number of carboxylic acids is 1. The Kier molecular flexibility index (Phi) is 4.09. The maximum absolute atomic E-state index is 13.4. The van der Waals surface area contributed by atoms with Crippen LogP contribution >= 0.6 is 11.6 Å². The first kappa shape index (κ1) is 12.0. The number of benzene rings is 1. The van der Waals surface area contributed by atoms with Crippen molar-refractivity contribution < 1.29 is 14.3 Å². The Labute approximate surface area is 92.7 Å². The van der Waals surface area contributed by atoms with Crippen LogP contribution in [0.3, 0.4) is 0 Å². The Hall–Kier alpha value is -1.09. The quantitative estimate of drug-likeness (QED) is 0.860. The number of halogens is 2. The second-order valence-corrected chi connectivity index (χ2v) is 3.88. The standard InChI is InChI=1S/C11H12ClFO2/c1-7(5-6-10(14)15)11-8(12)3-2-4-9(11)13/h2-4,7H,5-6H2,1H3,(H,14,15). The third-order valence-corrected chi connectivity index (χ3v) is 2.61.